The van der Waals surface area contributed by atoms with Crippen LogP contribution in [0.15, 0.2) is 12.1 Å². The average Bonchev–Trinajstić information content (AvgIpc) is 2.37. The molecule has 18 heavy (non-hydrogen) atoms. The Hall–Kier alpha value is -0.970. The summed E-state index contributed by atoms with van der Waals surface area (Å²) < 4.78 is 31.0. The fraction of sp³-hybridized carbons (Fsp3) is 0.462. The second-order valence-corrected chi connectivity index (χ2v) is 4.68. The molecule has 0 radical (unpaired) electrons. The topological polar surface area (TPSA) is 26.3 Å². The first-order valence-corrected chi connectivity index (χ1v) is 6.84. The molecular formula is C13H15BrF2O2. The third-order valence-corrected chi connectivity index (χ3v) is 3.14. The maximum atomic E-state index is 13.1. The highest BCUT2D eigenvalue weighted by Crippen LogP contribution is 2.24. The standard InChI is InChI=1S/C13H15BrF2O2/c1-18-13-8-11(16)10(15)7-9(13)12(17)5-3-2-4-6-14/h7-8H,2-6H2,1H3. The van der Waals surface area contributed by atoms with Crippen LogP contribution in [-0.4, -0.2) is 18.2 Å². The lowest BCUT2D eigenvalue weighted by molar-refractivity contribution is 0.0975. The summed E-state index contributed by atoms with van der Waals surface area (Å²) in [6.45, 7) is 0. The van der Waals surface area contributed by atoms with Crippen LogP contribution in [0.5, 0.6) is 5.75 Å². The van der Waals surface area contributed by atoms with Crippen molar-refractivity contribution in [3.05, 3.63) is 29.3 Å². The molecule has 100 valence electrons. The minimum Gasteiger partial charge on any atom is -0.496 e. The number of carbonyl (C=O) groups is 1. The van der Waals surface area contributed by atoms with Gasteiger partial charge in [0.25, 0.3) is 0 Å². The minimum atomic E-state index is -1.03. The van der Waals surface area contributed by atoms with Gasteiger partial charge >= 0.3 is 0 Å². The Kier molecular flexibility index (Phi) is 6.25. The van der Waals surface area contributed by atoms with Crippen molar-refractivity contribution in [3.8, 4) is 5.75 Å². The summed E-state index contributed by atoms with van der Waals surface area (Å²) in [5, 5.41) is 0.898. The molecular weight excluding hydrogens is 306 g/mol. The lowest BCUT2D eigenvalue weighted by Crippen LogP contribution is -2.04. The van der Waals surface area contributed by atoms with Crippen LogP contribution >= 0.6 is 15.9 Å². The lowest BCUT2D eigenvalue weighted by atomic mass is 10.0. The highest BCUT2D eigenvalue weighted by molar-refractivity contribution is 9.09. The molecule has 0 aliphatic rings. The molecule has 0 aliphatic heterocycles. The van der Waals surface area contributed by atoms with E-state index in [0.717, 1.165) is 36.7 Å². The fourth-order valence-electron chi connectivity index (χ4n) is 1.61. The number of halogens is 3. The van der Waals surface area contributed by atoms with Gasteiger partial charge in [-0.3, -0.25) is 4.79 Å². The Morgan fingerprint density at radius 1 is 1.22 bits per heavy atom. The van der Waals surface area contributed by atoms with Crippen LogP contribution in [0, 0.1) is 11.6 Å². The van der Waals surface area contributed by atoms with Crippen LogP contribution in [0.25, 0.3) is 0 Å². The Bertz CT molecular complexity index is 422. The van der Waals surface area contributed by atoms with Crippen molar-refractivity contribution >= 4 is 21.7 Å². The highest BCUT2D eigenvalue weighted by atomic mass is 79.9. The van der Waals surface area contributed by atoms with Crippen molar-refractivity contribution in [2.24, 2.45) is 0 Å². The number of carbonyl (C=O) groups excluding carboxylic acids is 1. The molecule has 0 amide bonds. The molecule has 0 aromatic heterocycles. The van der Waals surface area contributed by atoms with Gasteiger partial charge in [-0.2, -0.15) is 0 Å². The quantitative estimate of drug-likeness (QED) is 0.429. The van der Waals surface area contributed by atoms with Crippen molar-refractivity contribution in [2.75, 3.05) is 12.4 Å². The van der Waals surface area contributed by atoms with E-state index in [9.17, 15) is 13.6 Å². The molecule has 0 fully saturated rings. The predicted molar refractivity (Wildman–Crippen MR) is 69.5 cm³/mol. The Morgan fingerprint density at radius 2 is 1.89 bits per heavy atom. The number of benzene rings is 1. The summed E-state index contributed by atoms with van der Waals surface area (Å²) in [5.74, 6) is -2.18. The van der Waals surface area contributed by atoms with Crippen LogP contribution in [0.2, 0.25) is 0 Å². The molecule has 0 atom stereocenters. The van der Waals surface area contributed by atoms with E-state index < -0.39 is 11.6 Å². The number of unbranched alkanes of at least 4 members (excludes halogenated alkanes) is 2. The van der Waals surface area contributed by atoms with Crippen LogP contribution < -0.4 is 4.74 Å². The smallest absolute Gasteiger partial charge is 0.166 e. The first kappa shape index (κ1) is 15.1. The highest BCUT2D eigenvalue weighted by Gasteiger charge is 2.16. The predicted octanol–water partition coefficient (Wildman–Crippen LogP) is 4.11. The molecule has 0 heterocycles. The molecule has 0 aliphatic carbocycles. The number of methoxy groups -OCH3 is 1. The van der Waals surface area contributed by atoms with E-state index in [2.05, 4.69) is 15.9 Å². The van der Waals surface area contributed by atoms with Crippen molar-refractivity contribution in [3.63, 3.8) is 0 Å². The largest absolute Gasteiger partial charge is 0.496 e. The summed E-state index contributed by atoms with van der Waals surface area (Å²) in [4.78, 5) is 11.9. The van der Waals surface area contributed by atoms with Crippen LogP contribution in [-0.2, 0) is 0 Å². The van der Waals surface area contributed by atoms with E-state index in [1.165, 1.54) is 7.11 Å². The third kappa shape index (κ3) is 4.05. The summed E-state index contributed by atoms with van der Waals surface area (Å²) in [5.41, 5.74) is 0.107. The molecule has 2 nitrogen and oxygen atoms in total. The van der Waals surface area contributed by atoms with Gasteiger partial charge in [0.1, 0.15) is 5.75 Å². The van der Waals surface area contributed by atoms with Gasteiger partial charge in [0.15, 0.2) is 17.4 Å². The van der Waals surface area contributed by atoms with E-state index in [1.807, 2.05) is 0 Å². The molecule has 1 rings (SSSR count). The number of rotatable bonds is 7. The first-order valence-electron chi connectivity index (χ1n) is 5.72. The van der Waals surface area contributed by atoms with Gasteiger partial charge in [-0.1, -0.05) is 22.4 Å². The monoisotopic (exact) mass is 320 g/mol. The minimum absolute atomic E-state index is 0.0828. The Balaban J connectivity index is 2.75. The number of Topliss-reactive ketones (excluding diaryl/α,β-unsaturated/α-hetero) is 1. The molecule has 5 heteroatoms. The second kappa shape index (κ2) is 7.46. The number of ether oxygens (including phenoxy) is 1. The van der Waals surface area contributed by atoms with E-state index in [1.54, 1.807) is 0 Å². The molecule has 0 bridgehead atoms. The van der Waals surface area contributed by atoms with Gasteiger partial charge in [-0.25, -0.2) is 8.78 Å². The van der Waals surface area contributed by atoms with E-state index in [0.29, 0.717) is 6.42 Å². The average molecular weight is 321 g/mol. The number of alkyl halides is 1. The summed E-state index contributed by atoms with van der Waals surface area (Å²) >= 11 is 3.31. The number of ketones is 1. The van der Waals surface area contributed by atoms with E-state index >= 15 is 0 Å². The molecule has 0 N–H and O–H groups in total. The normalized spacial score (nSPS) is 10.4. The molecule has 0 saturated heterocycles. The van der Waals surface area contributed by atoms with Crippen LogP contribution in [0.1, 0.15) is 36.0 Å². The Labute approximate surface area is 113 Å². The van der Waals surface area contributed by atoms with Gasteiger partial charge in [0, 0.05) is 17.8 Å². The zero-order valence-electron chi connectivity index (χ0n) is 10.1. The van der Waals surface area contributed by atoms with Crippen molar-refractivity contribution in [1.82, 2.24) is 0 Å². The third-order valence-electron chi connectivity index (χ3n) is 2.58. The van der Waals surface area contributed by atoms with Gasteiger partial charge in [-0.15, -0.1) is 0 Å². The van der Waals surface area contributed by atoms with Crippen LogP contribution in [0.4, 0.5) is 8.78 Å². The zero-order chi connectivity index (χ0) is 13.5. The maximum Gasteiger partial charge on any atom is 0.166 e. The van der Waals surface area contributed by atoms with Crippen molar-refractivity contribution in [1.29, 1.82) is 0 Å². The van der Waals surface area contributed by atoms with Crippen molar-refractivity contribution < 1.29 is 18.3 Å². The molecule has 0 unspecified atom stereocenters. The number of hydrogen-bond acceptors (Lipinski definition) is 2. The van der Waals surface area contributed by atoms with Gasteiger partial charge < -0.3 is 4.74 Å². The Morgan fingerprint density at radius 3 is 2.50 bits per heavy atom. The molecule has 0 saturated carbocycles. The number of hydrogen-bond donors (Lipinski definition) is 0. The van der Waals surface area contributed by atoms with Crippen LogP contribution in [0.3, 0.4) is 0 Å². The fourth-order valence-corrected chi connectivity index (χ4v) is 2.00. The first-order chi connectivity index (χ1) is 8.60. The second-order valence-electron chi connectivity index (χ2n) is 3.89. The van der Waals surface area contributed by atoms with Gasteiger partial charge in [0.05, 0.1) is 12.7 Å². The van der Waals surface area contributed by atoms with E-state index in [-0.39, 0.29) is 17.1 Å². The summed E-state index contributed by atoms with van der Waals surface area (Å²) in [7, 11) is 1.33. The van der Waals surface area contributed by atoms with Crippen molar-refractivity contribution in [2.45, 2.75) is 25.7 Å². The van der Waals surface area contributed by atoms with E-state index in [4.69, 9.17) is 4.74 Å². The van der Waals surface area contributed by atoms with Gasteiger partial charge in [0.2, 0.25) is 0 Å². The molecule has 1 aromatic rings. The maximum absolute atomic E-state index is 13.1. The summed E-state index contributed by atoms with van der Waals surface area (Å²) in [6.07, 6.45) is 2.95. The summed E-state index contributed by atoms with van der Waals surface area (Å²) in [6, 6.07) is 1.81. The molecule has 0 spiro atoms. The van der Waals surface area contributed by atoms with Gasteiger partial charge in [-0.05, 0) is 18.9 Å². The lowest BCUT2D eigenvalue weighted by Gasteiger charge is -2.08. The molecule has 1 aromatic carbocycles. The SMILES string of the molecule is COc1cc(F)c(F)cc1C(=O)CCCCCBr. The zero-order valence-corrected chi connectivity index (χ0v) is 11.7.